The van der Waals surface area contributed by atoms with E-state index in [2.05, 4.69) is 0 Å². The molecule has 1 unspecified atom stereocenters. The zero-order valence-electron chi connectivity index (χ0n) is 10.6. The summed E-state index contributed by atoms with van der Waals surface area (Å²) in [5.74, 6) is 0.236. The van der Waals surface area contributed by atoms with E-state index in [1.54, 1.807) is 12.1 Å². The highest BCUT2D eigenvalue weighted by atomic mass is 35.5. The molecule has 1 aromatic rings. The Morgan fingerprint density at radius 3 is 2.89 bits per heavy atom. The molecule has 0 aromatic heterocycles. The number of likely N-dealkylation sites (tertiary alicyclic amines) is 1. The van der Waals surface area contributed by atoms with Crippen LogP contribution in [0.2, 0.25) is 5.02 Å². The summed E-state index contributed by atoms with van der Waals surface area (Å²) < 4.78 is 0. The molecule has 1 fully saturated rings. The first-order chi connectivity index (χ1) is 8.99. The van der Waals surface area contributed by atoms with Crippen LogP contribution in [0.25, 0.3) is 0 Å². The van der Waals surface area contributed by atoms with Gasteiger partial charge in [0.25, 0.3) is 5.69 Å². The second kappa shape index (κ2) is 5.67. The van der Waals surface area contributed by atoms with E-state index in [4.69, 9.17) is 11.6 Å². The summed E-state index contributed by atoms with van der Waals surface area (Å²) in [5, 5.41) is 11.4. The Morgan fingerprint density at radius 2 is 2.26 bits per heavy atom. The van der Waals surface area contributed by atoms with E-state index < -0.39 is 4.92 Å². The van der Waals surface area contributed by atoms with Gasteiger partial charge in [-0.2, -0.15) is 0 Å². The van der Waals surface area contributed by atoms with Crippen molar-refractivity contribution in [3.63, 3.8) is 0 Å². The molecular weight excluding hydrogens is 268 g/mol. The molecule has 102 valence electrons. The Morgan fingerprint density at radius 1 is 1.53 bits per heavy atom. The minimum absolute atomic E-state index is 0.0182. The smallest absolute Gasteiger partial charge is 0.275 e. The first-order valence-corrected chi connectivity index (χ1v) is 6.53. The van der Waals surface area contributed by atoms with E-state index in [0.717, 1.165) is 0 Å². The van der Waals surface area contributed by atoms with Gasteiger partial charge in [0.05, 0.1) is 15.5 Å². The van der Waals surface area contributed by atoms with Crippen LogP contribution in [-0.4, -0.2) is 28.7 Å². The van der Waals surface area contributed by atoms with E-state index in [1.807, 2.05) is 11.8 Å². The predicted molar refractivity (Wildman–Crippen MR) is 72.2 cm³/mol. The monoisotopic (exact) mass is 282 g/mol. The summed E-state index contributed by atoms with van der Waals surface area (Å²) >= 11 is 6.06. The molecule has 5 nitrogen and oxygen atoms in total. The molecule has 0 amide bonds. The average molecular weight is 283 g/mol. The largest absolute Gasteiger partial charge is 0.299 e. The van der Waals surface area contributed by atoms with Gasteiger partial charge in [0.1, 0.15) is 5.78 Å². The number of carbonyl (C=O) groups is 1. The van der Waals surface area contributed by atoms with Crippen LogP contribution in [0.3, 0.4) is 0 Å². The van der Waals surface area contributed by atoms with Crippen LogP contribution in [0.5, 0.6) is 0 Å². The summed E-state index contributed by atoms with van der Waals surface area (Å²) in [5.41, 5.74) is 0.563. The Kier molecular flexibility index (Phi) is 4.17. The van der Waals surface area contributed by atoms with Crippen molar-refractivity contribution in [2.45, 2.75) is 19.9 Å². The molecule has 1 heterocycles. The minimum Gasteiger partial charge on any atom is -0.299 e. The number of hydrogen-bond donors (Lipinski definition) is 0. The van der Waals surface area contributed by atoms with Gasteiger partial charge in [-0.3, -0.25) is 19.8 Å². The zero-order valence-corrected chi connectivity index (χ0v) is 11.4. The van der Waals surface area contributed by atoms with Gasteiger partial charge in [0.2, 0.25) is 0 Å². The lowest BCUT2D eigenvalue weighted by molar-refractivity contribution is -0.385. The first kappa shape index (κ1) is 14.0. The molecule has 6 heteroatoms. The highest BCUT2D eigenvalue weighted by Crippen LogP contribution is 2.28. The van der Waals surface area contributed by atoms with Gasteiger partial charge >= 0.3 is 0 Å². The van der Waals surface area contributed by atoms with Crippen molar-refractivity contribution >= 4 is 23.1 Å². The topological polar surface area (TPSA) is 63.4 Å². The second-order valence-corrected chi connectivity index (χ2v) is 5.25. The van der Waals surface area contributed by atoms with Crippen molar-refractivity contribution < 1.29 is 9.72 Å². The maximum atomic E-state index is 11.5. The minimum atomic E-state index is -0.417. The van der Waals surface area contributed by atoms with Gasteiger partial charge in [0, 0.05) is 38.0 Å². The summed E-state index contributed by atoms with van der Waals surface area (Å²) in [7, 11) is 0. The van der Waals surface area contributed by atoms with E-state index >= 15 is 0 Å². The van der Waals surface area contributed by atoms with E-state index in [-0.39, 0.29) is 17.4 Å². The molecule has 0 saturated carbocycles. The summed E-state index contributed by atoms with van der Waals surface area (Å²) in [4.78, 5) is 24.1. The fraction of sp³-hybridized carbons (Fsp3) is 0.462. The second-order valence-electron chi connectivity index (χ2n) is 4.85. The average Bonchev–Trinajstić information content (AvgIpc) is 2.36. The SMILES string of the molecule is CC1CN(Cc2c(Cl)cccc2[N+](=O)[O-])CCC1=O. The number of benzene rings is 1. The van der Waals surface area contributed by atoms with Crippen LogP contribution in [0.4, 0.5) is 5.69 Å². The van der Waals surface area contributed by atoms with Gasteiger partial charge in [-0.15, -0.1) is 0 Å². The van der Waals surface area contributed by atoms with Crippen LogP contribution in [-0.2, 0) is 11.3 Å². The molecule has 1 atom stereocenters. The van der Waals surface area contributed by atoms with Gasteiger partial charge in [-0.05, 0) is 6.07 Å². The van der Waals surface area contributed by atoms with Gasteiger partial charge in [-0.1, -0.05) is 24.6 Å². The zero-order chi connectivity index (χ0) is 14.0. The quantitative estimate of drug-likeness (QED) is 0.631. The lowest BCUT2D eigenvalue weighted by Crippen LogP contribution is -2.39. The van der Waals surface area contributed by atoms with Crippen molar-refractivity contribution in [2.24, 2.45) is 5.92 Å². The molecule has 19 heavy (non-hydrogen) atoms. The molecule has 1 aliphatic heterocycles. The molecule has 1 aromatic carbocycles. The van der Waals surface area contributed by atoms with Crippen LogP contribution in [0, 0.1) is 16.0 Å². The third-order valence-electron chi connectivity index (χ3n) is 3.43. The molecule has 2 rings (SSSR count). The lowest BCUT2D eigenvalue weighted by atomic mass is 9.98. The molecule has 1 aliphatic rings. The number of piperidine rings is 1. The van der Waals surface area contributed by atoms with Crippen LogP contribution in [0.15, 0.2) is 18.2 Å². The Balaban J connectivity index is 2.19. The van der Waals surface area contributed by atoms with E-state index in [1.165, 1.54) is 6.07 Å². The molecule has 0 bridgehead atoms. The highest BCUT2D eigenvalue weighted by molar-refractivity contribution is 6.31. The molecule has 0 N–H and O–H groups in total. The molecule has 0 radical (unpaired) electrons. The maximum Gasteiger partial charge on any atom is 0.275 e. The fourth-order valence-electron chi connectivity index (χ4n) is 2.34. The van der Waals surface area contributed by atoms with Crippen molar-refractivity contribution in [3.8, 4) is 0 Å². The number of nitro groups is 1. The third kappa shape index (κ3) is 3.11. The summed E-state index contributed by atoms with van der Waals surface area (Å²) in [6, 6.07) is 4.69. The van der Waals surface area contributed by atoms with Gasteiger partial charge in [-0.25, -0.2) is 0 Å². The van der Waals surface area contributed by atoms with Gasteiger partial charge in [0.15, 0.2) is 0 Å². The highest BCUT2D eigenvalue weighted by Gasteiger charge is 2.26. The Labute approximate surface area is 116 Å². The predicted octanol–water partition coefficient (Wildman–Crippen LogP) is 2.66. The molecule has 0 spiro atoms. The van der Waals surface area contributed by atoms with Crippen LogP contribution >= 0.6 is 11.6 Å². The number of nitro benzene ring substituents is 1. The number of Topliss-reactive ketones (excluding diaryl/α,β-unsaturated/α-hetero) is 1. The fourth-order valence-corrected chi connectivity index (χ4v) is 2.57. The van der Waals surface area contributed by atoms with Crippen molar-refractivity contribution in [2.75, 3.05) is 13.1 Å². The third-order valence-corrected chi connectivity index (χ3v) is 3.78. The van der Waals surface area contributed by atoms with Crippen LogP contribution in [0.1, 0.15) is 18.9 Å². The summed E-state index contributed by atoms with van der Waals surface area (Å²) in [6.07, 6.45) is 0.499. The lowest BCUT2D eigenvalue weighted by Gasteiger charge is -2.29. The number of rotatable bonds is 3. The number of carbonyl (C=O) groups excluding carboxylic acids is 1. The number of hydrogen-bond acceptors (Lipinski definition) is 4. The number of nitrogens with zero attached hydrogens (tertiary/aromatic N) is 2. The van der Waals surface area contributed by atoms with E-state index in [0.29, 0.717) is 36.6 Å². The van der Waals surface area contributed by atoms with E-state index in [9.17, 15) is 14.9 Å². The molecule has 0 aliphatic carbocycles. The standard InChI is InChI=1S/C13H15ClN2O3/c1-9-7-15(6-5-13(9)17)8-10-11(14)3-2-4-12(10)16(18)19/h2-4,9H,5-8H2,1H3. The van der Waals surface area contributed by atoms with Crippen LogP contribution < -0.4 is 0 Å². The Bertz CT molecular complexity index is 519. The number of ketones is 1. The van der Waals surface area contributed by atoms with Gasteiger partial charge < -0.3 is 0 Å². The first-order valence-electron chi connectivity index (χ1n) is 6.16. The van der Waals surface area contributed by atoms with Crippen molar-refractivity contribution in [1.29, 1.82) is 0 Å². The van der Waals surface area contributed by atoms with Crippen molar-refractivity contribution in [1.82, 2.24) is 4.90 Å². The summed E-state index contributed by atoms with van der Waals surface area (Å²) in [6.45, 7) is 3.55. The number of halogens is 1. The Hall–Kier alpha value is -1.46. The molecule has 1 saturated heterocycles. The maximum absolute atomic E-state index is 11.5. The molecular formula is C13H15ClN2O3. The normalized spacial score (nSPS) is 20.5. The van der Waals surface area contributed by atoms with Crippen molar-refractivity contribution in [3.05, 3.63) is 38.9 Å².